The van der Waals surface area contributed by atoms with Crippen LogP contribution in [0.15, 0.2) is 60.8 Å². The summed E-state index contributed by atoms with van der Waals surface area (Å²) < 4.78 is 25.7. The molecular weight excluding hydrogens is 503 g/mol. The molecule has 3 aromatic rings. The molecule has 2 aromatic carbocycles. The molecule has 2 aliphatic heterocycles. The second-order valence-electron chi connectivity index (χ2n) is 9.66. The van der Waals surface area contributed by atoms with E-state index in [0.717, 1.165) is 27.9 Å². The summed E-state index contributed by atoms with van der Waals surface area (Å²) in [6, 6.07) is 13.8. The molecule has 9 nitrogen and oxygen atoms in total. The molecule has 1 unspecified atom stereocenters. The fraction of sp³-hybridized carbons (Fsp3) is 0.310. The number of esters is 1. The minimum atomic E-state index is -0.745. The minimum absolute atomic E-state index is 0.0412. The van der Waals surface area contributed by atoms with E-state index in [1.807, 2.05) is 20.0 Å². The Bertz CT molecular complexity index is 1390. The highest BCUT2D eigenvalue weighted by Gasteiger charge is 2.37. The molecule has 202 valence electrons. The summed E-state index contributed by atoms with van der Waals surface area (Å²) in [4.78, 5) is 47.4. The van der Waals surface area contributed by atoms with Gasteiger partial charge in [0.15, 0.2) is 0 Å². The number of benzene rings is 2. The molecular formula is C29H29FN4O5. The van der Waals surface area contributed by atoms with Gasteiger partial charge in [-0.05, 0) is 55.3 Å². The lowest BCUT2D eigenvalue weighted by Crippen LogP contribution is -2.49. The molecule has 3 heterocycles. The Balaban J connectivity index is 1.23. The number of amides is 2. The summed E-state index contributed by atoms with van der Waals surface area (Å²) in [7, 11) is 0. The molecule has 0 bridgehead atoms. The number of piperazine rings is 1. The number of halogens is 1. The smallest absolute Gasteiger partial charge is 0.414 e. The van der Waals surface area contributed by atoms with Crippen LogP contribution in [-0.2, 0) is 9.47 Å². The van der Waals surface area contributed by atoms with Crippen LogP contribution in [0.3, 0.4) is 0 Å². The van der Waals surface area contributed by atoms with Crippen LogP contribution >= 0.6 is 0 Å². The standard InChI is InChI=1S/C29H29FN4O5/c1-19-14-20(2)26(31-16-19)32-10-12-33(13-11-32)27(35)22-8-9-25(24(30)15-22)34-23(18-39-29(34)37)17-38-28(36)21-6-4-3-5-7-21/h3-9,14-16,23H,10-13,17-18H2,1-2H3. The summed E-state index contributed by atoms with van der Waals surface area (Å²) in [6.07, 6.45) is 1.09. The van der Waals surface area contributed by atoms with Crippen molar-refractivity contribution in [3.8, 4) is 0 Å². The fourth-order valence-electron chi connectivity index (χ4n) is 4.89. The Kier molecular flexibility index (Phi) is 7.44. The average molecular weight is 533 g/mol. The second kappa shape index (κ2) is 11.1. The Hall–Kier alpha value is -4.47. The summed E-state index contributed by atoms with van der Waals surface area (Å²) >= 11 is 0. The number of cyclic esters (lactones) is 1. The van der Waals surface area contributed by atoms with Crippen LogP contribution in [0.4, 0.5) is 20.7 Å². The third-order valence-corrected chi connectivity index (χ3v) is 6.89. The van der Waals surface area contributed by atoms with E-state index in [4.69, 9.17) is 9.47 Å². The summed E-state index contributed by atoms with van der Waals surface area (Å²) in [6.45, 7) is 5.98. The van der Waals surface area contributed by atoms with Crippen molar-refractivity contribution >= 4 is 29.5 Å². The largest absolute Gasteiger partial charge is 0.460 e. The van der Waals surface area contributed by atoms with Gasteiger partial charge in [0.1, 0.15) is 30.9 Å². The molecule has 39 heavy (non-hydrogen) atoms. The number of ether oxygens (including phenoxy) is 2. The first kappa shape index (κ1) is 26.1. The number of aromatic nitrogens is 1. The van der Waals surface area contributed by atoms with Crippen LogP contribution < -0.4 is 9.80 Å². The van der Waals surface area contributed by atoms with Gasteiger partial charge in [-0.3, -0.25) is 9.69 Å². The van der Waals surface area contributed by atoms with Gasteiger partial charge in [0.05, 0.1) is 11.3 Å². The van der Waals surface area contributed by atoms with Crippen molar-refractivity contribution in [2.24, 2.45) is 0 Å². The molecule has 2 amide bonds. The van der Waals surface area contributed by atoms with Gasteiger partial charge in [0.2, 0.25) is 0 Å². The predicted octanol–water partition coefficient (Wildman–Crippen LogP) is 3.98. The van der Waals surface area contributed by atoms with E-state index in [2.05, 4.69) is 16.0 Å². The lowest BCUT2D eigenvalue weighted by atomic mass is 10.1. The number of anilines is 2. The van der Waals surface area contributed by atoms with Gasteiger partial charge in [0, 0.05) is 37.9 Å². The van der Waals surface area contributed by atoms with E-state index in [1.54, 1.807) is 35.2 Å². The third-order valence-electron chi connectivity index (χ3n) is 6.89. The molecule has 2 fully saturated rings. The average Bonchev–Trinajstić information content (AvgIpc) is 3.31. The van der Waals surface area contributed by atoms with E-state index in [-0.39, 0.29) is 30.4 Å². The molecule has 2 aliphatic rings. The third kappa shape index (κ3) is 5.55. The Labute approximate surface area is 225 Å². The number of carbonyl (C=O) groups is 3. The number of carbonyl (C=O) groups excluding carboxylic acids is 3. The van der Waals surface area contributed by atoms with E-state index >= 15 is 4.39 Å². The monoisotopic (exact) mass is 532 g/mol. The van der Waals surface area contributed by atoms with Crippen LogP contribution in [0.5, 0.6) is 0 Å². The Morgan fingerprint density at radius 3 is 2.46 bits per heavy atom. The summed E-state index contributed by atoms with van der Waals surface area (Å²) in [5.41, 5.74) is 2.70. The van der Waals surface area contributed by atoms with Crippen molar-refractivity contribution in [1.82, 2.24) is 9.88 Å². The van der Waals surface area contributed by atoms with Crippen molar-refractivity contribution in [3.63, 3.8) is 0 Å². The van der Waals surface area contributed by atoms with Gasteiger partial charge in [0.25, 0.3) is 5.91 Å². The lowest BCUT2D eigenvalue weighted by Gasteiger charge is -2.36. The molecule has 0 aliphatic carbocycles. The maximum absolute atomic E-state index is 15.3. The highest BCUT2D eigenvalue weighted by Crippen LogP contribution is 2.28. The summed E-state index contributed by atoms with van der Waals surface area (Å²) in [5, 5.41) is 0. The molecule has 10 heteroatoms. The topological polar surface area (TPSA) is 92.3 Å². The van der Waals surface area contributed by atoms with Crippen molar-refractivity contribution < 1.29 is 28.2 Å². The quantitative estimate of drug-likeness (QED) is 0.444. The second-order valence-corrected chi connectivity index (χ2v) is 9.66. The lowest BCUT2D eigenvalue weighted by molar-refractivity contribution is 0.0475. The molecule has 0 N–H and O–H groups in total. The first-order valence-electron chi connectivity index (χ1n) is 12.8. The summed E-state index contributed by atoms with van der Waals surface area (Å²) in [5.74, 6) is -0.669. The number of hydrogen-bond donors (Lipinski definition) is 0. The van der Waals surface area contributed by atoms with Crippen LogP contribution in [0, 0.1) is 19.7 Å². The van der Waals surface area contributed by atoms with Crippen molar-refractivity contribution in [2.45, 2.75) is 19.9 Å². The highest BCUT2D eigenvalue weighted by molar-refractivity contribution is 5.96. The molecule has 0 spiro atoms. The van der Waals surface area contributed by atoms with Crippen LogP contribution in [0.2, 0.25) is 0 Å². The van der Waals surface area contributed by atoms with Gasteiger partial charge in [-0.25, -0.2) is 19.0 Å². The zero-order valence-electron chi connectivity index (χ0n) is 21.8. The van der Waals surface area contributed by atoms with Gasteiger partial charge >= 0.3 is 12.1 Å². The van der Waals surface area contributed by atoms with E-state index in [9.17, 15) is 14.4 Å². The number of rotatable bonds is 6. The molecule has 0 saturated carbocycles. The predicted molar refractivity (Wildman–Crippen MR) is 143 cm³/mol. The van der Waals surface area contributed by atoms with Gasteiger partial charge < -0.3 is 19.3 Å². The Morgan fingerprint density at radius 1 is 1.03 bits per heavy atom. The first-order chi connectivity index (χ1) is 18.8. The maximum Gasteiger partial charge on any atom is 0.414 e. The first-order valence-corrected chi connectivity index (χ1v) is 12.8. The van der Waals surface area contributed by atoms with E-state index in [1.165, 1.54) is 12.1 Å². The molecule has 5 rings (SSSR count). The normalized spacial score (nSPS) is 17.3. The zero-order chi connectivity index (χ0) is 27.5. The number of nitrogens with zero attached hydrogens (tertiary/aromatic N) is 4. The molecule has 2 saturated heterocycles. The van der Waals surface area contributed by atoms with Crippen LogP contribution in [0.25, 0.3) is 0 Å². The van der Waals surface area contributed by atoms with Crippen LogP contribution in [0.1, 0.15) is 31.8 Å². The van der Waals surface area contributed by atoms with E-state index < -0.39 is 23.9 Å². The van der Waals surface area contributed by atoms with Crippen molar-refractivity contribution in [2.75, 3.05) is 49.2 Å². The van der Waals surface area contributed by atoms with Gasteiger partial charge in [-0.1, -0.05) is 24.3 Å². The van der Waals surface area contributed by atoms with E-state index in [0.29, 0.717) is 31.7 Å². The maximum atomic E-state index is 15.3. The molecule has 1 aromatic heterocycles. The molecule has 0 radical (unpaired) electrons. The number of hydrogen-bond acceptors (Lipinski definition) is 7. The Morgan fingerprint density at radius 2 is 1.77 bits per heavy atom. The zero-order valence-corrected chi connectivity index (χ0v) is 21.8. The number of aryl methyl sites for hydroxylation is 2. The molecule has 1 atom stereocenters. The van der Waals surface area contributed by atoms with Crippen molar-refractivity contribution in [3.05, 3.63) is 88.9 Å². The highest BCUT2D eigenvalue weighted by atomic mass is 19.1. The fourth-order valence-corrected chi connectivity index (χ4v) is 4.89. The van der Waals surface area contributed by atoms with Gasteiger partial charge in [-0.2, -0.15) is 0 Å². The SMILES string of the molecule is Cc1cnc(N2CCN(C(=O)c3ccc(N4C(=O)OCC4COC(=O)c4ccccc4)c(F)c3)CC2)c(C)c1. The number of pyridine rings is 1. The minimum Gasteiger partial charge on any atom is -0.460 e. The van der Waals surface area contributed by atoms with Crippen LogP contribution in [-0.4, -0.2) is 73.3 Å². The van der Waals surface area contributed by atoms with Crippen molar-refractivity contribution in [1.29, 1.82) is 0 Å². The van der Waals surface area contributed by atoms with Gasteiger partial charge in [-0.15, -0.1) is 0 Å².